The molecule has 0 aromatic heterocycles. The van der Waals surface area contributed by atoms with Gasteiger partial charge in [-0.1, -0.05) is 49.6 Å². The number of aliphatic hydroxyl groups excluding tert-OH is 1. The number of ether oxygens (including phenoxy) is 1. The highest BCUT2D eigenvalue weighted by Gasteiger charge is 2.19. The van der Waals surface area contributed by atoms with E-state index in [1.54, 1.807) is 0 Å². The normalized spacial score (nSPS) is 17.5. The Morgan fingerprint density at radius 1 is 1.19 bits per heavy atom. The summed E-state index contributed by atoms with van der Waals surface area (Å²) in [6.07, 6.45) is 6.17. The molecule has 0 heterocycles. The first-order chi connectivity index (χ1) is 9.75. The molecule has 2 rings (SSSR count). The van der Waals surface area contributed by atoms with Gasteiger partial charge in [-0.25, -0.2) is 0 Å². The third-order valence-corrected chi connectivity index (χ3v) is 4.12. The van der Waals surface area contributed by atoms with Gasteiger partial charge in [-0.05, 0) is 25.5 Å². The molecular weight excluding hydrogens is 286 g/mol. The van der Waals surface area contributed by atoms with Crippen LogP contribution in [-0.2, 0) is 11.3 Å². The molecule has 0 radical (unpaired) electrons. The number of rotatable bonds is 7. The summed E-state index contributed by atoms with van der Waals surface area (Å²) in [5, 5.41) is 10.1. The van der Waals surface area contributed by atoms with Crippen molar-refractivity contribution in [3.63, 3.8) is 0 Å². The van der Waals surface area contributed by atoms with Crippen molar-refractivity contribution in [1.82, 2.24) is 4.90 Å². The topological polar surface area (TPSA) is 32.7 Å². The lowest BCUT2D eigenvalue weighted by Gasteiger charge is -2.32. The first-order valence-electron chi connectivity index (χ1n) is 7.75. The number of hydrogen-bond acceptors (Lipinski definition) is 3. The summed E-state index contributed by atoms with van der Waals surface area (Å²) in [5.74, 6) is 0. The van der Waals surface area contributed by atoms with Crippen LogP contribution in [0, 0.1) is 0 Å². The molecule has 1 unspecified atom stereocenters. The van der Waals surface area contributed by atoms with Gasteiger partial charge in [-0.2, -0.15) is 0 Å². The van der Waals surface area contributed by atoms with Crippen molar-refractivity contribution in [1.29, 1.82) is 0 Å². The number of halogens is 1. The smallest absolute Gasteiger partial charge is 0.0900 e. The standard InChI is InChI=1S/C17H27NO2.ClH/c1-18(16-10-6-3-7-11-16)12-17(19)14-20-13-15-8-4-2-5-9-15;/h2,4-5,8-9,16-17,19H,3,6-7,10-14H2,1H3;1H. The van der Waals surface area contributed by atoms with Gasteiger partial charge in [0.25, 0.3) is 0 Å². The minimum absolute atomic E-state index is 0. The zero-order valence-corrected chi connectivity index (χ0v) is 13.7. The van der Waals surface area contributed by atoms with Crippen molar-refractivity contribution in [2.75, 3.05) is 20.2 Å². The number of aliphatic hydroxyl groups is 1. The van der Waals surface area contributed by atoms with E-state index in [0.717, 1.165) is 5.56 Å². The Morgan fingerprint density at radius 2 is 1.86 bits per heavy atom. The molecule has 1 aliphatic carbocycles. The Hall–Kier alpha value is -0.610. The maximum absolute atomic E-state index is 10.1. The maximum Gasteiger partial charge on any atom is 0.0900 e. The molecule has 1 aromatic rings. The lowest BCUT2D eigenvalue weighted by molar-refractivity contribution is 0.00488. The van der Waals surface area contributed by atoms with Crippen molar-refractivity contribution in [3.05, 3.63) is 35.9 Å². The van der Waals surface area contributed by atoms with Crippen LogP contribution in [-0.4, -0.2) is 42.4 Å². The molecule has 1 N–H and O–H groups in total. The van der Waals surface area contributed by atoms with E-state index in [1.807, 2.05) is 30.3 Å². The first kappa shape index (κ1) is 18.4. The van der Waals surface area contributed by atoms with E-state index in [1.165, 1.54) is 32.1 Å². The second-order valence-electron chi connectivity index (χ2n) is 5.89. The summed E-state index contributed by atoms with van der Waals surface area (Å²) in [6.45, 7) is 1.69. The fraction of sp³-hybridized carbons (Fsp3) is 0.647. The average molecular weight is 314 g/mol. The number of benzene rings is 1. The van der Waals surface area contributed by atoms with Crippen molar-refractivity contribution < 1.29 is 9.84 Å². The molecule has 1 aliphatic rings. The molecule has 21 heavy (non-hydrogen) atoms. The van der Waals surface area contributed by atoms with Gasteiger partial charge in [0.2, 0.25) is 0 Å². The molecular formula is C17H28ClNO2. The molecule has 1 fully saturated rings. The van der Waals surface area contributed by atoms with E-state index in [4.69, 9.17) is 4.74 Å². The van der Waals surface area contributed by atoms with Crippen LogP contribution in [0.2, 0.25) is 0 Å². The summed E-state index contributed by atoms with van der Waals surface area (Å²) >= 11 is 0. The van der Waals surface area contributed by atoms with Gasteiger partial charge in [0.15, 0.2) is 0 Å². The Labute approximate surface area is 134 Å². The highest BCUT2D eigenvalue weighted by Crippen LogP contribution is 2.21. The largest absolute Gasteiger partial charge is 0.389 e. The van der Waals surface area contributed by atoms with E-state index in [9.17, 15) is 5.11 Å². The van der Waals surface area contributed by atoms with Gasteiger partial charge < -0.3 is 14.7 Å². The van der Waals surface area contributed by atoms with Crippen LogP contribution in [0.3, 0.4) is 0 Å². The van der Waals surface area contributed by atoms with Gasteiger partial charge in [-0.15, -0.1) is 12.4 Å². The summed E-state index contributed by atoms with van der Waals surface area (Å²) < 4.78 is 5.59. The quantitative estimate of drug-likeness (QED) is 0.838. The van der Waals surface area contributed by atoms with E-state index < -0.39 is 6.10 Å². The van der Waals surface area contributed by atoms with Crippen LogP contribution in [0.25, 0.3) is 0 Å². The summed E-state index contributed by atoms with van der Waals surface area (Å²) in [4.78, 5) is 2.30. The summed E-state index contributed by atoms with van der Waals surface area (Å²) in [6, 6.07) is 10.7. The van der Waals surface area contributed by atoms with Crippen molar-refractivity contribution in [2.45, 2.75) is 50.9 Å². The highest BCUT2D eigenvalue weighted by molar-refractivity contribution is 5.85. The molecule has 0 amide bonds. The molecule has 1 saturated carbocycles. The molecule has 1 atom stereocenters. The second-order valence-corrected chi connectivity index (χ2v) is 5.89. The zero-order valence-electron chi connectivity index (χ0n) is 12.9. The molecule has 0 saturated heterocycles. The minimum atomic E-state index is -0.398. The van der Waals surface area contributed by atoms with Gasteiger partial charge in [0, 0.05) is 12.6 Å². The Bertz CT molecular complexity index is 368. The van der Waals surface area contributed by atoms with Crippen LogP contribution in [0.1, 0.15) is 37.7 Å². The number of likely N-dealkylation sites (N-methyl/N-ethyl adjacent to an activating group) is 1. The van der Waals surface area contributed by atoms with Gasteiger partial charge in [0.1, 0.15) is 0 Å². The Morgan fingerprint density at radius 3 is 2.52 bits per heavy atom. The SMILES string of the molecule is CN(CC(O)COCc1ccccc1)C1CCCCC1.Cl. The van der Waals surface area contributed by atoms with E-state index in [-0.39, 0.29) is 12.4 Å². The fourth-order valence-corrected chi connectivity index (χ4v) is 2.94. The van der Waals surface area contributed by atoms with E-state index in [2.05, 4.69) is 11.9 Å². The van der Waals surface area contributed by atoms with Crippen LogP contribution in [0.15, 0.2) is 30.3 Å². The monoisotopic (exact) mass is 313 g/mol. The molecule has 120 valence electrons. The maximum atomic E-state index is 10.1. The molecule has 3 nitrogen and oxygen atoms in total. The lowest BCUT2D eigenvalue weighted by Crippen LogP contribution is -2.40. The number of nitrogens with zero attached hydrogens (tertiary/aromatic N) is 1. The Balaban J connectivity index is 0.00000220. The summed E-state index contributed by atoms with van der Waals surface area (Å²) in [5.41, 5.74) is 1.15. The zero-order chi connectivity index (χ0) is 14.2. The average Bonchev–Trinajstić information content (AvgIpc) is 2.49. The third kappa shape index (κ3) is 6.79. The minimum Gasteiger partial charge on any atom is -0.389 e. The third-order valence-electron chi connectivity index (χ3n) is 4.12. The molecule has 4 heteroatoms. The molecule has 0 aliphatic heterocycles. The van der Waals surface area contributed by atoms with Gasteiger partial charge >= 0.3 is 0 Å². The van der Waals surface area contributed by atoms with E-state index >= 15 is 0 Å². The summed E-state index contributed by atoms with van der Waals surface area (Å²) in [7, 11) is 2.12. The molecule has 0 spiro atoms. The van der Waals surface area contributed by atoms with Crippen LogP contribution in [0.5, 0.6) is 0 Å². The van der Waals surface area contributed by atoms with Crippen molar-refractivity contribution in [3.8, 4) is 0 Å². The lowest BCUT2D eigenvalue weighted by atomic mass is 9.94. The molecule has 1 aromatic carbocycles. The van der Waals surface area contributed by atoms with Crippen molar-refractivity contribution >= 4 is 12.4 Å². The first-order valence-corrected chi connectivity index (χ1v) is 7.75. The van der Waals surface area contributed by atoms with E-state index in [0.29, 0.717) is 25.8 Å². The number of hydrogen-bond donors (Lipinski definition) is 1. The predicted octanol–water partition coefficient (Wildman–Crippen LogP) is 3.25. The van der Waals surface area contributed by atoms with Crippen LogP contribution < -0.4 is 0 Å². The van der Waals surface area contributed by atoms with Gasteiger partial charge in [-0.3, -0.25) is 0 Å². The highest BCUT2D eigenvalue weighted by atomic mass is 35.5. The Kier molecular flexibility index (Phi) is 8.93. The molecule has 0 bridgehead atoms. The van der Waals surface area contributed by atoms with Crippen LogP contribution >= 0.6 is 12.4 Å². The second kappa shape index (κ2) is 10.2. The van der Waals surface area contributed by atoms with Gasteiger partial charge in [0.05, 0.1) is 19.3 Å². The van der Waals surface area contributed by atoms with Crippen LogP contribution in [0.4, 0.5) is 0 Å². The fourth-order valence-electron chi connectivity index (χ4n) is 2.94. The predicted molar refractivity (Wildman–Crippen MR) is 88.9 cm³/mol. The van der Waals surface area contributed by atoms with Crippen molar-refractivity contribution in [2.24, 2.45) is 0 Å².